The molecule has 2 aromatic rings. The Hall–Kier alpha value is -4.19. The molecule has 2 aliphatic rings. The molecule has 0 spiro atoms. The van der Waals surface area contributed by atoms with Crippen LogP contribution in [0.25, 0.3) is 11.3 Å². The molecule has 202 valence electrons. The molecule has 0 aliphatic carbocycles. The molecule has 12 heteroatoms. The second-order valence-corrected chi connectivity index (χ2v) is 9.40. The number of aromatic nitrogens is 1. The summed E-state index contributed by atoms with van der Waals surface area (Å²) in [6, 6.07) is 11.6. The molecule has 0 radical (unpaired) electrons. The van der Waals surface area contributed by atoms with E-state index in [0.717, 1.165) is 5.56 Å². The zero-order valence-corrected chi connectivity index (χ0v) is 20.8. The van der Waals surface area contributed by atoms with Crippen LogP contribution in [-0.2, 0) is 9.59 Å². The Kier molecular flexibility index (Phi) is 8.41. The van der Waals surface area contributed by atoms with Crippen LogP contribution in [-0.4, -0.2) is 105 Å². The number of nitrogens with zero attached hydrogens (tertiary/aromatic N) is 4. The molecule has 1 aromatic heterocycles. The minimum Gasteiger partial charge on any atom is -0.481 e. The van der Waals surface area contributed by atoms with Gasteiger partial charge in [0.25, 0.3) is 5.91 Å². The van der Waals surface area contributed by atoms with Gasteiger partial charge in [0.1, 0.15) is 11.7 Å². The fourth-order valence-electron chi connectivity index (χ4n) is 4.64. The lowest BCUT2D eigenvalue weighted by Crippen LogP contribution is -2.55. The van der Waals surface area contributed by atoms with E-state index >= 15 is 0 Å². The number of aliphatic carboxylic acids is 1. The van der Waals surface area contributed by atoms with Crippen LogP contribution < -0.4 is 10.2 Å². The van der Waals surface area contributed by atoms with Crippen molar-refractivity contribution >= 4 is 29.6 Å². The third-order valence-electron chi connectivity index (χ3n) is 6.75. The van der Waals surface area contributed by atoms with Crippen molar-refractivity contribution < 1.29 is 34.5 Å². The average molecular weight is 526 g/mol. The van der Waals surface area contributed by atoms with Gasteiger partial charge in [0, 0.05) is 56.9 Å². The normalized spacial score (nSPS) is 18.2. The average Bonchev–Trinajstić information content (AvgIpc) is 3.37. The van der Waals surface area contributed by atoms with Crippen LogP contribution in [0.15, 0.2) is 42.5 Å². The van der Waals surface area contributed by atoms with E-state index in [0.29, 0.717) is 30.9 Å². The summed E-state index contributed by atoms with van der Waals surface area (Å²) in [6.45, 7) is 1.59. The van der Waals surface area contributed by atoms with E-state index in [9.17, 15) is 29.4 Å². The number of β-amino-alcohol motifs (C(OH)–C–C–N with tert-alkyl or cyclic N) is 1. The summed E-state index contributed by atoms with van der Waals surface area (Å²) in [7, 11) is 0. The molecule has 3 heterocycles. The number of hydrogen-bond acceptors (Lipinski definition) is 7. The molecule has 0 bridgehead atoms. The van der Waals surface area contributed by atoms with E-state index in [4.69, 9.17) is 5.11 Å². The molecular formula is C26H31N5O7. The van der Waals surface area contributed by atoms with Gasteiger partial charge >= 0.3 is 12.1 Å². The van der Waals surface area contributed by atoms with Gasteiger partial charge < -0.3 is 35.3 Å². The fraction of sp³-hybridized carbons (Fsp3) is 0.423. The lowest BCUT2D eigenvalue weighted by atomic mass is 10.1. The maximum atomic E-state index is 13.4. The van der Waals surface area contributed by atoms with E-state index in [1.807, 2.05) is 41.3 Å². The van der Waals surface area contributed by atoms with E-state index < -0.39 is 36.0 Å². The van der Waals surface area contributed by atoms with Crippen molar-refractivity contribution in [2.75, 3.05) is 44.2 Å². The Balaban J connectivity index is 1.57. The maximum absolute atomic E-state index is 13.4. The quantitative estimate of drug-likeness (QED) is 0.395. The first-order valence-electron chi connectivity index (χ1n) is 12.5. The molecule has 2 aliphatic heterocycles. The molecule has 2 saturated heterocycles. The van der Waals surface area contributed by atoms with Crippen LogP contribution in [0.4, 0.5) is 10.5 Å². The summed E-state index contributed by atoms with van der Waals surface area (Å²) in [5, 5.41) is 31.0. The largest absolute Gasteiger partial charge is 0.481 e. The van der Waals surface area contributed by atoms with Crippen LogP contribution in [0.5, 0.6) is 0 Å². The molecule has 4 rings (SSSR count). The third-order valence-corrected chi connectivity index (χ3v) is 6.75. The number of benzene rings is 1. The Morgan fingerprint density at radius 2 is 1.66 bits per heavy atom. The van der Waals surface area contributed by atoms with E-state index in [2.05, 4.69) is 10.3 Å². The van der Waals surface area contributed by atoms with E-state index in [1.165, 1.54) is 9.80 Å². The van der Waals surface area contributed by atoms with E-state index in [-0.39, 0.29) is 44.7 Å². The number of carboxylic acids is 1. The minimum atomic E-state index is -1.12. The summed E-state index contributed by atoms with van der Waals surface area (Å²) in [6.07, 6.45) is -1.40. The number of rotatable bonds is 8. The van der Waals surface area contributed by atoms with Gasteiger partial charge in [0.15, 0.2) is 0 Å². The standard InChI is InChI=1S/C26H31N5O7/c32-19-8-9-31(16-19)18-14-21(17-4-2-1-3-5-17)27-22(15-18)24(35)28-20(6-7-23(33)34)25(36)29-10-12-30(13-11-29)26(37)38/h1-5,14-15,19-20,32H,6-13,16H2,(H,28,35)(H,33,34)(H,37,38)/t19-,20+/m1/s1. The summed E-state index contributed by atoms with van der Waals surface area (Å²) in [5.74, 6) is -2.20. The number of pyridine rings is 1. The monoisotopic (exact) mass is 525 g/mol. The highest BCUT2D eigenvalue weighted by atomic mass is 16.4. The highest BCUT2D eigenvalue weighted by molar-refractivity contribution is 5.97. The molecule has 2 fully saturated rings. The molecule has 2 atom stereocenters. The highest BCUT2D eigenvalue weighted by Gasteiger charge is 2.31. The van der Waals surface area contributed by atoms with E-state index in [1.54, 1.807) is 6.07 Å². The SMILES string of the molecule is O=C(O)CC[C@H](NC(=O)c1cc(N2CC[C@@H](O)C2)cc(-c2ccccc2)n1)C(=O)N1CCN(C(=O)O)CC1. The van der Waals surface area contributed by atoms with Gasteiger partial charge in [-0.2, -0.15) is 0 Å². The van der Waals surface area contributed by atoms with Crippen molar-refractivity contribution in [3.63, 3.8) is 0 Å². The number of carbonyl (C=O) groups is 4. The first kappa shape index (κ1) is 26.9. The topological polar surface area (TPSA) is 164 Å². The number of amides is 3. The first-order chi connectivity index (χ1) is 18.2. The summed E-state index contributed by atoms with van der Waals surface area (Å²) in [5.41, 5.74) is 2.11. The third kappa shape index (κ3) is 6.57. The number of carboxylic acid groups (broad SMARTS) is 2. The number of aliphatic hydroxyl groups is 1. The number of piperazine rings is 1. The first-order valence-corrected chi connectivity index (χ1v) is 12.5. The zero-order chi connectivity index (χ0) is 27.2. The molecule has 1 aromatic carbocycles. The zero-order valence-electron chi connectivity index (χ0n) is 20.8. The van der Waals surface area contributed by atoms with Crippen molar-refractivity contribution in [3.8, 4) is 11.3 Å². The molecule has 38 heavy (non-hydrogen) atoms. The van der Waals surface area contributed by atoms with Gasteiger partial charge in [-0.25, -0.2) is 9.78 Å². The molecule has 4 N–H and O–H groups in total. The highest BCUT2D eigenvalue weighted by Crippen LogP contribution is 2.27. The number of carbonyl (C=O) groups excluding carboxylic acids is 2. The van der Waals surface area contributed by atoms with Gasteiger partial charge in [0.05, 0.1) is 11.8 Å². The smallest absolute Gasteiger partial charge is 0.407 e. The summed E-state index contributed by atoms with van der Waals surface area (Å²) < 4.78 is 0. The predicted molar refractivity (Wildman–Crippen MR) is 137 cm³/mol. The van der Waals surface area contributed by atoms with Gasteiger partial charge in [-0.15, -0.1) is 0 Å². The lowest BCUT2D eigenvalue weighted by Gasteiger charge is -2.35. The Bertz CT molecular complexity index is 1180. The van der Waals surface area contributed by atoms with Crippen LogP contribution in [0, 0.1) is 0 Å². The lowest BCUT2D eigenvalue weighted by molar-refractivity contribution is -0.138. The number of hydrogen-bond donors (Lipinski definition) is 4. The second kappa shape index (κ2) is 11.9. The van der Waals surface area contributed by atoms with Crippen molar-refractivity contribution in [3.05, 3.63) is 48.2 Å². The van der Waals surface area contributed by atoms with Crippen LogP contribution in [0.1, 0.15) is 29.8 Å². The van der Waals surface area contributed by atoms with Crippen molar-refractivity contribution in [1.29, 1.82) is 0 Å². The van der Waals surface area contributed by atoms with Gasteiger partial charge in [-0.3, -0.25) is 14.4 Å². The van der Waals surface area contributed by atoms with Crippen LogP contribution >= 0.6 is 0 Å². The fourth-order valence-corrected chi connectivity index (χ4v) is 4.64. The summed E-state index contributed by atoms with van der Waals surface area (Å²) >= 11 is 0. The Morgan fingerprint density at radius 1 is 0.974 bits per heavy atom. The number of aliphatic hydroxyl groups excluding tert-OH is 1. The predicted octanol–water partition coefficient (Wildman–Crippen LogP) is 1.10. The molecule has 0 unspecified atom stereocenters. The van der Waals surface area contributed by atoms with Crippen molar-refractivity contribution in [2.45, 2.75) is 31.4 Å². The molecular weight excluding hydrogens is 494 g/mol. The minimum absolute atomic E-state index is 0.0616. The maximum Gasteiger partial charge on any atom is 0.407 e. The van der Waals surface area contributed by atoms with Crippen LogP contribution in [0.2, 0.25) is 0 Å². The molecule has 12 nitrogen and oxygen atoms in total. The van der Waals surface area contributed by atoms with Crippen LogP contribution in [0.3, 0.4) is 0 Å². The second-order valence-electron chi connectivity index (χ2n) is 9.40. The van der Waals surface area contributed by atoms with Gasteiger partial charge in [-0.05, 0) is 25.0 Å². The molecule has 3 amide bonds. The van der Waals surface area contributed by atoms with Gasteiger partial charge in [0.2, 0.25) is 5.91 Å². The number of nitrogens with one attached hydrogen (secondary N) is 1. The summed E-state index contributed by atoms with van der Waals surface area (Å²) in [4.78, 5) is 58.2. The van der Waals surface area contributed by atoms with Crippen molar-refractivity contribution in [2.24, 2.45) is 0 Å². The number of anilines is 1. The van der Waals surface area contributed by atoms with Crippen molar-refractivity contribution in [1.82, 2.24) is 20.1 Å². The van der Waals surface area contributed by atoms with Gasteiger partial charge in [-0.1, -0.05) is 30.3 Å². The Labute approximate surface area is 219 Å². The Morgan fingerprint density at radius 3 is 2.26 bits per heavy atom. The molecule has 0 saturated carbocycles.